The monoisotopic (exact) mass is 321 g/mol. The maximum atomic E-state index is 12.5. The van der Waals surface area contributed by atoms with Gasteiger partial charge in [-0.05, 0) is 17.7 Å². The lowest BCUT2D eigenvalue weighted by molar-refractivity contribution is 0.0823. The van der Waals surface area contributed by atoms with Gasteiger partial charge in [-0.15, -0.1) is 0 Å². The summed E-state index contributed by atoms with van der Waals surface area (Å²) in [5.41, 5.74) is 2.41. The topological polar surface area (TPSA) is 56.1 Å². The molecule has 0 spiro atoms. The summed E-state index contributed by atoms with van der Waals surface area (Å²) < 4.78 is 7.25. The number of carbonyl (C=O) groups excluding carboxylic acids is 1. The lowest BCUT2D eigenvalue weighted by Crippen LogP contribution is -2.30. The number of hydrogen-bond acceptors (Lipinski definition) is 3. The highest BCUT2D eigenvalue weighted by Crippen LogP contribution is 2.16. The van der Waals surface area contributed by atoms with Crippen LogP contribution in [0.4, 0.5) is 0 Å². The van der Waals surface area contributed by atoms with Crippen LogP contribution < -0.4 is 5.32 Å². The molecule has 0 aliphatic carbocycles. The highest BCUT2D eigenvalue weighted by atomic mass is 16.5. The first kappa shape index (κ1) is 16.0. The summed E-state index contributed by atoms with van der Waals surface area (Å²) in [5.74, 6) is -0.186. The maximum Gasteiger partial charge on any atom is 0.270 e. The number of benzene rings is 2. The average Bonchev–Trinajstić information content (AvgIpc) is 3.13. The van der Waals surface area contributed by atoms with Crippen LogP contribution in [0.2, 0.25) is 0 Å². The van der Waals surface area contributed by atoms with E-state index in [2.05, 4.69) is 10.3 Å². The van der Waals surface area contributed by atoms with Gasteiger partial charge < -0.3 is 10.1 Å². The Balaban J connectivity index is 1.71. The SMILES string of the molecule is COC(CNC(=O)c1cncn1-c1ccccc1)c1ccccc1. The summed E-state index contributed by atoms with van der Waals surface area (Å²) in [6.07, 6.45) is 3.00. The minimum Gasteiger partial charge on any atom is -0.375 e. The van der Waals surface area contributed by atoms with Gasteiger partial charge in [0.1, 0.15) is 5.69 Å². The van der Waals surface area contributed by atoms with Crippen molar-refractivity contribution in [3.63, 3.8) is 0 Å². The molecule has 0 aliphatic rings. The van der Waals surface area contributed by atoms with Crippen molar-refractivity contribution in [2.24, 2.45) is 0 Å². The Morgan fingerprint density at radius 3 is 2.46 bits per heavy atom. The molecule has 1 N–H and O–H groups in total. The quantitative estimate of drug-likeness (QED) is 0.759. The number of methoxy groups -OCH3 is 1. The summed E-state index contributed by atoms with van der Waals surface area (Å²) in [5, 5.41) is 2.92. The van der Waals surface area contributed by atoms with Crippen LogP contribution in [0.25, 0.3) is 5.69 Å². The maximum absolute atomic E-state index is 12.5. The number of rotatable bonds is 6. The number of ether oxygens (including phenoxy) is 1. The molecule has 2 aromatic carbocycles. The number of imidazole rings is 1. The molecule has 1 unspecified atom stereocenters. The van der Waals surface area contributed by atoms with Crippen molar-refractivity contribution in [3.8, 4) is 5.69 Å². The van der Waals surface area contributed by atoms with E-state index in [1.807, 2.05) is 60.7 Å². The largest absolute Gasteiger partial charge is 0.375 e. The average molecular weight is 321 g/mol. The molecule has 0 fully saturated rings. The van der Waals surface area contributed by atoms with E-state index in [0.717, 1.165) is 11.3 Å². The van der Waals surface area contributed by atoms with Gasteiger partial charge in [-0.25, -0.2) is 4.98 Å². The van der Waals surface area contributed by atoms with Gasteiger partial charge in [0, 0.05) is 19.3 Å². The van der Waals surface area contributed by atoms with E-state index in [9.17, 15) is 4.79 Å². The summed E-state index contributed by atoms with van der Waals surface area (Å²) in [6, 6.07) is 19.5. The van der Waals surface area contributed by atoms with Crippen molar-refractivity contribution in [3.05, 3.63) is 84.4 Å². The minimum absolute atomic E-state index is 0.186. The van der Waals surface area contributed by atoms with Crippen LogP contribution in [0.5, 0.6) is 0 Å². The van der Waals surface area contributed by atoms with Crippen LogP contribution in [-0.2, 0) is 4.74 Å². The first-order valence-corrected chi connectivity index (χ1v) is 7.73. The van der Waals surface area contributed by atoms with Crippen molar-refractivity contribution in [2.75, 3.05) is 13.7 Å². The molecule has 0 radical (unpaired) electrons. The standard InChI is InChI=1S/C19H19N3O2/c1-24-18(15-8-4-2-5-9-15)13-21-19(23)17-12-20-14-22(17)16-10-6-3-7-11-16/h2-12,14,18H,13H2,1H3,(H,21,23). The third kappa shape index (κ3) is 3.52. The van der Waals surface area contributed by atoms with Crippen molar-refractivity contribution < 1.29 is 9.53 Å². The van der Waals surface area contributed by atoms with Crippen LogP contribution in [0, 0.1) is 0 Å². The zero-order valence-electron chi connectivity index (χ0n) is 13.4. The molecule has 0 saturated carbocycles. The molecule has 0 bridgehead atoms. The van der Waals surface area contributed by atoms with Crippen LogP contribution in [0.15, 0.2) is 73.2 Å². The smallest absolute Gasteiger partial charge is 0.270 e. The van der Waals surface area contributed by atoms with Gasteiger partial charge in [0.2, 0.25) is 0 Å². The molecular weight excluding hydrogens is 302 g/mol. The number of hydrogen-bond donors (Lipinski definition) is 1. The number of nitrogens with zero attached hydrogens (tertiary/aromatic N) is 2. The minimum atomic E-state index is -0.191. The highest BCUT2D eigenvalue weighted by Gasteiger charge is 2.16. The summed E-state index contributed by atoms with van der Waals surface area (Å²) in [4.78, 5) is 16.6. The van der Waals surface area contributed by atoms with Gasteiger partial charge in [-0.2, -0.15) is 0 Å². The second-order valence-corrected chi connectivity index (χ2v) is 5.33. The molecule has 1 amide bonds. The van der Waals surface area contributed by atoms with E-state index in [0.29, 0.717) is 12.2 Å². The lowest BCUT2D eigenvalue weighted by atomic mass is 10.1. The number of aromatic nitrogens is 2. The third-order valence-electron chi connectivity index (χ3n) is 3.81. The predicted molar refractivity (Wildman–Crippen MR) is 92.1 cm³/mol. The second-order valence-electron chi connectivity index (χ2n) is 5.33. The van der Waals surface area contributed by atoms with Crippen molar-refractivity contribution in [1.82, 2.24) is 14.9 Å². The zero-order valence-corrected chi connectivity index (χ0v) is 13.4. The molecule has 1 heterocycles. The molecule has 5 nitrogen and oxygen atoms in total. The van der Waals surface area contributed by atoms with E-state index >= 15 is 0 Å². The molecule has 3 aromatic rings. The van der Waals surface area contributed by atoms with E-state index in [1.54, 1.807) is 24.2 Å². The van der Waals surface area contributed by atoms with Crippen LogP contribution in [0.3, 0.4) is 0 Å². The third-order valence-corrected chi connectivity index (χ3v) is 3.81. The van der Waals surface area contributed by atoms with Gasteiger partial charge in [0.25, 0.3) is 5.91 Å². The van der Waals surface area contributed by atoms with Crippen molar-refractivity contribution >= 4 is 5.91 Å². The molecule has 5 heteroatoms. The Bertz CT molecular complexity index is 785. The first-order chi connectivity index (χ1) is 11.8. The lowest BCUT2D eigenvalue weighted by Gasteiger charge is -2.17. The Morgan fingerprint density at radius 2 is 1.79 bits per heavy atom. The van der Waals surface area contributed by atoms with E-state index < -0.39 is 0 Å². The Labute approximate surface area is 140 Å². The van der Waals surface area contributed by atoms with Gasteiger partial charge in [-0.3, -0.25) is 9.36 Å². The molecule has 1 atom stereocenters. The van der Waals surface area contributed by atoms with E-state index in [4.69, 9.17) is 4.74 Å². The van der Waals surface area contributed by atoms with Crippen molar-refractivity contribution in [2.45, 2.75) is 6.10 Å². The summed E-state index contributed by atoms with van der Waals surface area (Å²) in [6.45, 7) is 0.388. The van der Waals surface area contributed by atoms with Crippen molar-refractivity contribution in [1.29, 1.82) is 0 Å². The van der Waals surface area contributed by atoms with E-state index in [1.165, 1.54) is 0 Å². The molecular formula is C19H19N3O2. The molecule has 0 saturated heterocycles. The normalized spacial score (nSPS) is 11.9. The second kappa shape index (κ2) is 7.57. The first-order valence-electron chi connectivity index (χ1n) is 7.73. The van der Waals surface area contributed by atoms with Crippen LogP contribution in [-0.4, -0.2) is 29.1 Å². The van der Waals surface area contributed by atoms with Gasteiger partial charge in [0.15, 0.2) is 0 Å². The number of amides is 1. The summed E-state index contributed by atoms with van der Waals surface area (Å²) >= 11 is 0. The predicted octanol–water partition coefficient (Wildman–Crippen LogP) is 2.99. The molecule has 0 aliphatic heterocycles. The number of para-hydroxylation sites is 1. The van der Waals surface area contributed by atoms with Crippen LogP contribution in [0.1, 0.15) is 22.2 Å². The highest BCUT2D eigenvalue weighted by molar-refractivity contribution is 5.93. The Morgan fingerprint density at radius 1 is 1.12 bits per heavy atom. The summed E-state index contributed by atoms with van der Waals surface area (Å²) in [7, 11) is 1.64. The fraction of sp³-hybridized carbons (Fsp3) is 0.158. The Kier molecular flexibility index (Phi) is 5.03. The molecule has 24 heavy (non-hydrogen) atoms. The fourth-order valence-corrected chi connectivity index (χ4v) is 2.54. The van der Waals surface area contributed by atoms with E-state index in [-0.39, 0.29) is 12.0 Å². The van der Waals surface area contributed by atoms with Gasteiger partial charge >= 0.3 is 0 Å². The number of carbonyl (C=O) groups is 1. The van der Waals surface area contributed by atoms with Crippen LogP contribution >= 0.6 is 0 Å². The Hall–Kier alpha value is -2.92. The zero-order chi connectivity index (χ0) is 16.8. The number of nitrogens with one attached hydrogen (secondary N) is 1. The molecule has 1 aromatic heterocycles. The van der Waals surface area contributed by atoms with Gasteiger partial charge in [0.05, 0.1) is 18.6 Å². The molecule has 122 valence electrons. The fourth-order valence-electron chi connectivity index (χ4n) is 2.54. The molecule has 3 rings (SSSR count). The van der Waals surface area contributed by atoms with Gasteiger partial charge in [-0.1, -0.05) is 48.5 Å².